The molecule has 0 bridgehead atoms. The summed E-state index contributed by atoms with van der Waals surface area (Å²) in [6.45, 7) is 2.03. The fraction of sp³-hybridized carbons (Fsp3) is 0.300. The quantitative estimate of drug-likeness (QED) is 0.705. The summed E-state index contributed by atoms with van der Waals surface area (Å²) < 4.78 is 1.07. The van der Waals surface area contributed by atoms with Gasteiger partial charge in [-0.2, -0.15) is 0 Å². The second kappa shape index (κ2) is 6.42. The van der Waals surface area contributed by atoms with E-state index in [4.69, 9.17) is 5.73 Å². The SMILES string of the molecule is NC(=O)NCCNCc1cccc(Br)c1. The summed E-state index contributed by atoms with van der Waals surface area (Å²) >= 11 is 3.40. The summed E-state index contributed by atoms with van der Waals surface area (Å²) in [5.41, 5.74) is 6.12. The van der Waals surface area contributed by atoms with Crippen molar-refractivity contribution in [3.05, 3.63) is 34.3 Å². The minimum absolute atomic E-state index is 0.487. The molecular formula is C10H14BrN3O. The van der Waals surface area contributed by atoms with Gasteiger partial charge in [0, 0.05) is 24.1 Å². The maximum absolute atomic E-state index is 10.4. The Morgan fingerprint density at radius 1 is 1.40 bits per heavy atom. The van der Waals surface area contributed by atoms with Gasteiger partial charge in [0.2, 0.25) is 0 Å². The lowest BCUT2D eigenvalue weighted by molar-refractivity contribution is 0.249. The van der Waals surface area contributed by atoms with Crippen LogP contribution in [0.25, 0.3) is 0 Å². The number of urea groups is 1. The Kier molecular flexibility index (Phi) is 5.14. The van der Waals surface area contributed by atoms with E-state index < -0.39 is 6.03 Å². The molecule has 0 fully saturated rings. The van der Waals surface area contributed by atoms with E-state index in [-0.39, 0.29) is 0 Å². The first kappa shape index (κ1) is 12.0. The van der Waals surface area contributed by atoms with Crippen LogP contribution >= 0.6 is 15.9 Å². The number of amides is 2. The van der Waals surface area contributed by atoms with Gasteiger partial charge < -0.3 is 16.4 Å². The molecular weight excluding hydrogens is 258 g/mol. The highest BCUT2D eigenvalue weighted by Crippen LogP contribution is 2.10. The summed E-state index contributed by atoms with van der Waals surface area (Å²) in [5, 5.41) is 5.70. The maximum Gasteiger partial charge on any atom is 0.312 e. The van der Waals surface area contributed by atoms with Gasteiger partial charge in [-0.1, -0.05) is 28.1 Å². The van der Waals surface area contributed by atoms with Gasteiger partial charge in [-0.05, 0) is 17.7 Å². The predicted molar refractivity (Wildman–Crippen MR) is 63.4 cm³/mol. The molecule has 0 aromatic heterocycles. The smallest absolute Gasteiger partial charge is 0.312 e. The van der Waals surface area contributed by atoms with Gasteiger partial charge in [-0.3, -0.25) is 0 Å². The molecule has 4 nitrogen and oxygen atoms in total. The molecule has 0 spiro atoms. The monoisotopic (exact) mass is 271 g/mol. The molecule has 1 aromatic rings. The lowest BCUT2D eigenvalue weighted by Gasteiger charge is -2.05. The number of halogens is 1. The van der Waals surface area contributed by atoms with Crippen LogP contribution in [-0.4, -0.2) is 19.1 Å². The van der Waals surface area contributed by atoms with Gasteiger partial charge in [0.05, 0.1) is 0 Å². The predicted octanol–water partition coefficient (Wildman–Crippen LogP) is 1.21. The second-order valence-corrected chi connectivity index (χ2v) is 4.01. The summed E-state index contributed by atoms with van der Waals surface area (Å²) in [7, 11) is 0. The molecule has 0 heterocycles. The van der Waals surface area contributed by atoms with Crippen molar-refractivity contribution in [2.45, 2.75) is 6.54 Å². The molecule has 0 saturated carbocycles. The third-order valence-electron chi connectivity index (χ3n) is 1.82. The van der Waals surface area contributed by atoms with Crippen molar-refractivity contribution < 1.29 is 4.79 Å². The Balaban J connectivity index is 2.17. The molecule has 1 rings (SSSR count). The van der Waals surface area contributed by atoms with Crippen molar-refractivity contribution >= 4 is 22.0 Å². The van der Waals surface area contributed by atoms with E-state index in [1.165, 1.54) is 5.56 Å². The molecule has 82 valence electrons. The summed E-state index contributed by atoms with van der Waals surface area (Å²) in [5.74, 6) is 0. The maximum atomic E-state index is 10.4. The fourth-order valence-electron chi connectivity index (χ4n) is 1.15. The normalized spacial score (nSPS) is 9.93. The van der Waals surface area contributed by atoms with Crippen molar-refractivity contribution in [3.8, 4) is 0 Å². The van der Waals surface area contributed by atoms with E-state index >= 15 is 0 Å². The van der Waals surface area contributed by atoms with Gasteiger partial charge in [0.25, 0.3) is 0 Å². The third-order valence-corrected chi connectivity index (χ3v) is 2.31. The standard InChI is InChI=1S/C10H14BrN3O/c11-9-3-1-2-8(6-9)7-13-4-5-14-10(12)15/h1-3,6,13H,4-5,7H2,(H3,12,14,15). The first-order valence-corrected chi connectivity index (χ1v) is 5.46. The van der Waals surface area contributed by atoms with Gasteiger partial charge in [-0.15, -0.1) is 0 Å². The van der Waals surface area contributed by atoms with Crippen molar-refractivity contribution in [1.29, 1.82) is 0 Å². The highest BCUT2D eigenvalue weighted by molar-refractivity contribution is 9.10. The number of carbonyl (C=O) groups excluding carboxylic acids is 1. The van der Waals surface area contributed by atoms with Gasteiger partial charge in [0.15, 0.2) is 0 Å². The van der Waals surface area contributed by atoms with E-state index in [1.807, 2.05) is 18.2 Å². The van der Waals surface area contributed by atoms with Crippen LogP contribution in [0.15, 0.2) is 28.7 Å². The van der Waals surface area contributed by atoms with Crippen LogP contribution in [-0.2, 0) is 6.54 Å². The average molecular weight is 272 g/mol. The zero-order chi connectivity index (χ0) is 11.1. The van der Waals surface area contributed by atoms with E-state index in [2.05, 4.69) is 32.6 Å². The molecule has 0 atom stereocenters. The number of primary amides is 1. The molecule has 4 N–H and O–H groups in total. The Labute approximate surface area is 97.4 Å². The van der Waals surface area contributed by atoms with Crippen LogP contribution in [0.1, 0.15) is 5.56 Å². The zero-order valence-corrected chi connectivity index (χ0v) is 9.88. The van der Waals surface area contributed by atoms with Crippen LogP contribution < -0.4 is 16.4 Å². The Bertz CT molecular complexity index is 330. The lowest BCUT2D eigenvalue weighted by atomic mass is 10.2. The fourth-order valence-corrected chi connectivity index (χ4v) is 1.60. The number of carbonyl (C=O) groups is 1. The number of rotatable bonds is 5. The Morgan fingerprint density at radius 3 is 2.87 bits per heavy atom. The lowest BCUT2D eigenvalue weighted by Crippen LogP contribution is -2.35. The van der Waals surface area contributed by atoms with Crippen molar-refractivity contribution in [3.63, 3.8) is 0 Å². The summed E-state index contributed by atoms with van der Waals surface area (Å²) in [4.78, 5) is 10.4. The molecule has 0 unspecified atom stereocenters. The molecule has 0 radical (unpaired) electrons. The van der Waals surface area contributed by atoms with E-state index in [9.17, 15) is 4.79 Å². The Hall–Kier alpha value is -1.07. The molecule has 0 saturated heterocycles. The number of hydrogen-bond acceptors (Lipinski definition) is 2. The van der Waals surface area contributed by atoms with Crippen LogP contribution in [0.3, 0.4) is 0 Å². The van der Waals surface area contributed by atoms with Crippen molar-refractivity contribution in [2.75, 3.05) is 13.1 Å². The molecule has 0 aliphatic heterocycles. The van der Waals surface area contributed by atoms with Crippen LogP contribution in [0.5, 0.6) is 0 Å². The van der Waals surface area contributed by atoms with E-state index in [0.29, 0.717) is 13.1 Å². The molecule has 15 heavy (non-hydrogen) atoms. The second-order valence-electron chi connectivity index (χ2n) is 3.10. The van der Waals surface area contributed by atoms with Crippen LogP contribution in [0.4, 0.5) is 4.79 Å². The minimum Gasteiger partial charge on any atom is -0.352 e. The zero-order valence-electron chi connectivity index (χ0n) is 8.29. The van der Waals surface area contributed by atoms with Gasteiger partial charge in [-0.25, -0.2) is 4.79 Å². The van der Waals surface area contributed by atoms with Crippen molar-refractivity contribution in [2.24, 2.45) is 5.73 Å². The van der Waals surface area contributed by atoms with Crippen molar-refractivity contribution in [1.82, 2.24) is 10.6 Å². The summed E-state index contributed by atoms with van der Waals surface area (Å²) in [6, 6.07) is 7.58. The highest BCUT2D eigenvalue weighted by Gasteiger charge is 1.94. The number of nitrogens with two attached hydrogens (primary N) is 1. The number of benzene rings is 1. The topological polar surface area (TPSA) is 67.2 Å². The Morgan fingerprint density at radius 2 is 2.20 bits per heavy atom. The average Bonchev–Trinajstić information content (AvgIpc) is 2.17. The highest BCUT2D eigenvalue weighted by atomic mass is 79.9. The first-order valence-electron chi connectivity index (χ1n) is 4.67. The van der Waals surface area contributed by atoms with E-state index in [1.54, 1.807) is 0 Å². The first-order chi connectivity index (χ1) is 7.18. The molecule has 0 aliphatic carbocycles. The molecule has 2 amide bonds. The molecule has 1 aromatic carbocycles. The molecule has 5 heteroatoms. The molecule has 0 aliphatic rings. The largest absolute Gasteiger partial charge is 0.352 e. The summed E-state index contributed by atoms with van der Waals surface area (Å²) in [6.07, 6.45) is 0. The third kappa shape index (κ3) is 5.39. The van der Waals surface area contributed by atoms with Crippen LogP contribution in [0, 0.1) is 0 Å². The minimum atomic E-state index is -0.487. The van der Waals surface area contributed by atoms with E-state index in [0.717, 1.165) is 11.0 Å². The number of nitrogens with one attached hydrogen (secondary N) is 2. The van der Waals surface area contributed by atoms with Gasteiger partial charge >= 0.3 is 6.03 Å². The number of hydrogen-bond donors (Lipinski definition) is 3. The van der Waals surface area contributed by atoms with Gasteiger partial charge in [0.1, 0.15) is 0 Å². The van der Waals surface area contributed by atoms with Crippen LogP contribution in [0.2, 0.25) is 0 Å².